The molecule has 0 aliphatic rings. The molecule has 0 unspecified atom stereocenters. The predicted octanol–water partition coefficient (Wildman–Crippen LogP) is 4.87. The van der Waals surface area contributed by atoms with Crippen LogP contribution in [0, 0.1) is 6.92 Å². The molecule has 2 atom stereocenters. The highest BCUT2D eigenvalue weighted by molar-refractivity contribution is 6.30. The zero-order valence-corrected chi connectivity index (χ0v) is 17.5. The number of halogens is 2. The SMILES string of the molecule is Cc1cc(Cl)ccc1OC[C@@H](F)COc1cccc(C[C@H](OC(C)C)C(=O)O)c1. The van der Waals surface area contributed by atoms with Gasteiger partial charge in [0.1, 0.15) is 24.7 Å². The van der Waals surface area contributed by atoms with Gasteiger partial charge in [0.25, 0.3) is 0 Å². The van der Waals surface area contributed by atoms with E-state index in [0.29, 0.717) is 16.5 Å². The first-order chi connectivity index (χ1) is 13.7. The van der Waals surface area contributed by atoms with Crippen molar-refractivity contribution in [3.63, 3.8) is 0 Å². The van der Waals surface area contributed by atoms with Gasteiger partial charge >= 0.3 is 5.97 Å². The second kappa shape index (κ2) is 11.0. The number of aryl methyl sites for hydroxylation is 1. The van der Waals surface area contributed by atoms with Crippen molar-refractivity contribution in [1.82, 2.24) is 0 Å². The van der Waals surface area contributed by atoms with Crippen LogP contribution in [0.5, 0.6) is 11.5 Å². The summed E-state index contributed by atoms with van der Waals surface area (Å²) in [7, 11) is 0. The van der Waals surface area contributed by atoms with Gasteiger partial charge in [-0.1, -0.05) is 23.7 Å². The molecule has 0 radical (unpaired) electrons. The third kappa shape index (κ3) is 7.91. The lowest BCUT2D eigenvalue weighted by Gasteiger charge is -2.17. The molecule has 0 amide bonds. The van der Waals surface area contributed by atoms with Gasteiger partial charge in [-0.15, -0.1) is 0 Å². The number of carbonyl (C=O) groups is 1. The van der Waals surface area contributed by atoms with Crippen molar-refractivity contribution in [2.24, 2.45) is 0 Å². The minimum atomic E-state index is -1.33. The molecular formula is C22H26ClFO5. The summed E-state index contributed by atoms with van der Waals surface area (Å²) < 4.78 is 30.6. The molecule has 2 aromatic carbocycles. The van der Waals surface area contributed by atoms with Crippen molar-refractivity contribution in [2.75, 3.05) is 13.2 Å². The Morgan fingerprint density at radius 1 is 1.14 bits per heavy atom. The highest BCUT2D eigenvalue weighted by Gasteiger charge is 2.20. The van der Waals surface area contributed by atoms with E-state index in [2.05, 4.69) is 0 Å². The lowest BCUT2D eigenvalue weighted by Crippen LogP contribution is -2.29. The number of aliphatic carboxylic acids is 1. The summed E-state index contributed by atoms with van der Waals surface area (Å²) >= 11 is 5.89. The molecule has 0 aliphatic heterocycles. The van der Waals surface area contributed by atoms with Gasteiger partial charge in [-0.25, -0.2) is 9.18 Å². The van der Waals surface area contributed by atoms with E-state index in [0.717, 1.165) is 11.1 Å². The molecule has 2 rings (SSSR count). The number of alkyl halides is 1. The molecule has 0 spiro atoms. The number of carboxylic acid groups (broad SMARTS) is 1. The van der Waals surface area contributed by atoms with Crippen molar-refractivity contribution in [3.05, 3.63) is 58.6 Å². The van der Waals surface area contributed by atoms with Gasteiger partial charge in [-0.3, -0.25) is 0 Å². The minimum absolute atomic E-state index is 0.147. The van der Waals surface area contributed by atoms with Crippen LogP contribution < -0.4 is 9.47 Å². The van der Waals surface area contributed by atoms with E-state index in [1.807, 2.05) is 6.92 Å². The normalized spacial score (nSPS) is 13.2. The Labute approximate surface area is 175 Å². The summed E-state index contributed by atoms with van der Waals surface area (Å²) in [6.07, 6.45) is -2.28. The first-order valence-electron chi connectivity index (χ1n) is 9.37. The number of rotatable bonds is 11. The predicted molar refractivity (Wildman–Crippen MR) is 110 cm³/mol. The van der Waals surface area contributed by atoms with Gasteiger partial charge in [0.05, 0.1) is 6.10 Å². The zero-order chi connectivity index (χ0) is 21.4. The first kappa shape index (κ1) is 23.0. The van der Waals surface area contributed by atoms with Crippen LogP contribution in [-0.4, -0.2) is 42.7 Å². The van der Waals surface area contributed by atoms with Crippen LogP contribution in [0.15, 0.2) is 42.5 Å². The third-order valence-corrected chi connectivity index (χ3v) is 4.25. The fourth-order valence-electron chi connectivity index (χ4n) is 2.69. The Hall–Kier alpha value is -2.31. The third-order valence-electron chi connectivity index (χ3n) is 4.02. The Bertz CT molecular complexity index is 812. The fraction of sp³-hybridized carbons (Fsp3) is 0.409. The van der Waals surface area contributed by atoms with Crippen LogP contribution in [0.2, 0.25) is 5.02 Å². The Balaban J connectivity index is 1.87. The van der Waals surface area contributed by atoms with Crippen molar-refractivity contribution in [1.29, 1.82) is 0 Å². The molecule has 2 aromatic rings. The lowest BCUT2D eigenvalue weighted by atomic mass is 10.1. The summed E-state index contributed by atoms with van der Waals surface area (Å²) in [5, 5.41) is 9.89. The monoisotopic (exact) mass is 424 g/mol. The number of ether oxygens (including phenoxy) is 3. The van der Waals surface area contributed by atoms with Gasteiger partial charge in [-0.2, -0.15) is 0 Å². The molecule has 0 fully saturated rings. The summed E-state index contributed by atoms with van der Waals surface area (Å²) in [5.74, 6) is 0.00825. The second-order valence-corrected chi connectivity index (χ2v) is 7.43. The van der Waals surface area contributed by atoms with Crippen LogP contribution in [0.3, 0.4) is 0 Å². The van der Waals surface area contributed by atoms with Crippen molar-refractivity contribution in [3.8, 4) is 11.5 Å². The van der Waals surface area contributed by atoms with E-state index in [1.165, 1.54) is 0 Å². The summed E-state index contributed by atoms with van der Waals surface area (Å²) in [4.78, 5) is 11.3. The second-order valence-electron chi connectivity index (χ2n) is 6.99. The van der Waals surface area contributed by atoms with Crippen LogP contribution in [0.25, 0.3) is 0 Å². The summed E-state index contributed by atoms with van der Waals surface area (Å²) in [6, 6.07) is 12.0. The number of hydrogen-bond donors (Lipinski definition) is 1. The molecular weight excluding hydrogens is 399 g/mol. The van der Waals surface area contributed by atoms with Crippen molar-refractivity contribution >= 4 is 17.6 Å². The maximum absolute atomic E-state index is 14.2. The first-order valence-corrected chi connectivity index (χ1v) is 9.75. The van der Waals surface area contributed by atoms with Crippen molar-refractivity contribution < 1.29 is 28.5 Å². The summed E-state index contributed by atoms with van der Waals surface area (Å²) in [5.41, 5.74) is 1.56. The standard InChI is InChI=1S/C22H26ClFO5/c1-14(2)29-21(22(25)26)11-16-5-4-6-19(10-16)27-12-18(24)13-28-20-8-7-17(23)9-15(20)3/h4-10,14,18,21H,11-13H2,1-3H3,(H,25,26)/t18-,21-/m0/s1. The van der Waals surface area contributed by atoms with E-state index < -0.39 is 18.2 Å². The number of carboxylic acids is 1. The quantitative estimate of drug-likeness (QED) is 0.557. The maximum Gasteiger partial charge on any atom is 0.333 e. The molecule has 7 heteroatoms. The fourth-order valence-corrected chi connectivity index (χ4v) is 2.91. The largest absolute Gasteiger partial charge is 0.490 e. The van der Waals surface area contributed by atoms with Crippen LogP contribution in [0.1, 0.15) is 25.0 Å². The van der Waals surface area contributed by atoms with E-state index >= 15 is 0 Å². The lowest BCUT2D eigenvalue weighted by molar-refractivity contribution is -0.153. The summed E-state index contributed by atoms with van der Waals surface area (Å²) in [6.45, 7) is 5.07. The average Bonchev–Trinajstić information content (AvgIpc) is 2.65. The molecule has 0 bridgehead atoms. The molecule has 29 heavy (non-hydrogen) atoms. The maximum atomic E-state index is 14.2. The van der Waals surface area contributed by atoms with Crippen LogP contribution in [0.4, 0.5) is 4.39 Å². The van der Waals surface area contributed by atoms with Gasteiger partial charge in [-0.05, 0) is 62.2 Å². The highest BCUT2D eigenvalue weighted by Crippen LogP contribution is 2.22. The molecule has 0 heterocycles. The molecule has 0 saturated carbocycles. The van der Waals surface area contributed by atoms with E-state index in [1.54, 1.807) is 56.3 Å². The molecule has 0 aliphatic carbocycles. The Morgan fingerprint density at radius 3 is 2.52 bits per heavy atom. The topological polar surface area (TPSA) is 65.0 Å². The molecule has 0 saturated heterocycles. The highest BCUT2D eigenvalue weighted by atomic mass is 35.5. The van der Waals surface area contributed by atoms with E-state index in [9.17, 15) is 14.3 Å². The minimum Gasteiger partial charge on any atom is -0.490 e. The molecule has 0 aromatic heterocycles. The number of benzene rings is 2. The number of hydrogen-bond acceptors (Lipinski definition) is 4. The van der Waals surface area contributed by atoms with Gasteiger partial charge in [0.2, 0.25) is 0 Å². The Kier molecular flexibility index (Phi) is 8.73. The Morgan fingerprint density at radius 2 is 1.86 bits per heavy atom. The van der Waals surface area contributed by atoms with Gasteiger partial charge in [0.15, 0.2) is 12.3 Å². The smallest absolute Gasteiger partial charge is 0.333 e. The van der Waals surface area contributed by atoms with Gasteiger partial charge < -0.3 is 19.3 Å². The molecule has 1 N–H and O–H groups in total. The average molecular weight is 425 g/mol. The van der Waals surface area contributed by atoms with Crippen LogP contribution in [-0.2, 0) is 16.0 Å². The van der Waals surface area contributed by atoms with E-state index in [4.69, 9.17) is 25.8 Å². The van der Waals surface area contributed by atoms with Gasteiger partial charge in [0, 0.05) is 11.4 Å². The van der Waals surface area contributed by atoms with Crippen molar-refractivity contribution in [2.45, 2.75) is 45.6 Å². The van der Waals surface area contributed by atoms with Crippen LogP contribution >= 0.6 is 11.6 Å². The molecule has 5 nitrogen and oxygen atoms in total. The van der Waals surface area contributed by atoms with E-state index in [-0.39, 0.29) is 25.7 Å². The molecule has 158 valence electrons. The zero-order valence-electron chi connectivity index (χ0n) is 16.7.